The molecular weight excluding hydrogens is 340 g/mol. The molecule has 4 saturated carbocycles. The van der Waals surface area contributed by atoms with Crippen LogP contribution in [0.2, 0.25) is 0 Å². The molecule has 4 aliphatic carbocycles. The van der Waals surface area contributed by atoms with Gasteiger partial charge in [0.05, 0.1) is 5.75 Å². The summed E-state index contributed by atoms with van der Waals surface area (Å²) in [6.07, 6.45) is 12.4. The topological polar surface area (TPSA) is 32.3 Å². The number of nitrogens with zero attached hydrogens (tertiary/aromatic N) is 1. The highest BCUT2D eigenvalue weighted by Crippen LogP contribution is 2.60. The molecule has 0 aromatic heterocycles. The van der Waals surface area contributed by atoms with Crippen LogP contribution in [0.4, 0.5) is 0 Å². The van der Waals surface area contributed by atoms with Crippen LogP contribution in [0.1, 0.15) is 57.8 Å². The lowest BCUT2D eigenvalue weighted by Gasteiger charge is -2.56. The van der Waals surface area contributed by atoms with E-state index in [0.29, 0.717) is 22.7 Å². The summed E-state index contributed by atoms with van der Waals surface area (Å²) < 4.78 is 0.480. The number of hydrogen-bond donors (Lipinski definition) is 1. The summed E-state index contributed by atoms with van der Waals surface area (Å²) in [7, 11) is 0. The van der Waals surface area contributed by atoms with Crippen molar-refractivity contribution in [3.8, 4) is 0 Å². The molecule has 6 bridgehead atoms. The molecule has 3 nitrogen and oxygen atoms in total. The van der Waals surface area contributed by atoms with E-state index in [1.807, 2.05) is 0 Å². The van der Waals surface area contributed by atoms with Crippen molar-refractivity contribution in [1.29, 1.82) is 0 Å². The summed E-state index contributed by atoms with van der Waals surface area (Å²) in [6, 6.07) is 1.24. The SMILES string of the molecule is Cl.O=C(CSC12CC3CC(CC(C3)C1)C2)N1CC[C@H]2CC[C@@H](C1)N2. The first-order valence-corrected chi connectivity index (χ1v) is 10.8. The molecule has 0 spiro atoms. The minimum atomic E-state index is 0. The first kappa shape index (κ1) is 17.5. The van der Waals surface area contributed by atoms with Crippen molar-refractivity contribution in [2.75, 3.05) is 18.8 Å². The van der Waals surface area contributed by atoms with Crippen molar-refractivity contribution >= 4 is 30.1 Å². The second kappa shape index (κ2) is 6.66. The minimum absolute atomic E-state index is 0. The normalized spacial score (nSPS) is 45.8. The van der Waals surface area contributed by atoms with E-state index in [9.17, 15) is 4.79 Å². The number of thioether (sulfide) groups is 1. The molecule has 24 heavy (non-hydrogen) atoms. The van der Waals surface area contributed by atoms with E-state index in [1.54, 1.807) is 0 Å². The molecule has 2 atom stereocenters. The molecule has 6 aliphatic rings. The quantitative estimate of drug-likeness (QED) is 0.825. The maximum absolute atomic E-state index is 12.8. The van der Waals surface area contributed by atoms with Gasteiger partial charge in [-0.05, 0) is 75.5 Å². The molecule has 6 fully saturated rings. The van der Waals surface area contributed by atoms with Crippen molar-refractivity contribution in [3.05, 3.63) is 0 Å². The zero-order valence-corrected chi connectivity index (χ0v) is 16.2. The fourth-order valence-electron chi connectivity index (χ4n) is 6.68. The Morgan fingerprint density at radius 3 is 2.29 bits per heavy atom. The Balaban J connectivity index is 0.00000146. The van der Waals surface area contributed by atoms with Crippen LogP contribution in [0.3, 0.4) is 0 Å². The molecule has 0 aromatic rings. The number of amides is 1. The van der Waals surface area contributed by atoms with Gasteiger partial charge in [-0.2, -0.15) is 0 Å². The van der Waals surface area contributed by atoms with Crippen molar-refractivity contribution in [3.63, 3.8) is 0 Å². The van der Waals surface area contributed by atoms with Gasteiger partial charge in [0.25, 0.3) is 0 Å². The van der Waals surface area contributed by atoms with Gasteiger partial charge in [0.15, 0.2) is 0 Å². The molecule has 0 aromatic carbocycles. The van der Waals surface area contributed by atoms with Gasteiger partial charge in [-0.1, -0.05) is 0 Å². The van der Waals surface area contributed by atoms with Crippen LogP contribution in [0, 0.1) is 17.8 Å². The number of likely N-dealkylation sites (tertiary alicyclic amines) is 1. The Bertz CT molecular complexity index is 464. The monoisotopic (exact) mass is 370 g/mol. The Labute approximate surface area is 156 Å². The summed E-state index contributed by atoms with van der Waals surface area (Å²) in [6.45, 7) is 1.94. The Morgan fingerprint density at radius 2 is 1.62 bits per heavy atom. The van der Waals surface area contributed by atoms with Gasteiger partial charge < -0.3 is 10.2 Å². The average molecular weight is 371 g/mol. The fourth-order valence-corrected chi connectivity index (χ4v) is 8.36. The van der Waals surface area contributed by atoms with Gasteiger partial charge >= 0.3 is 0 Å². The summed E-state index contributed by atoms with van der Waals surface area (Å²) in [5.41, 5.74) is 0. The Hall–Kier alpha value is 0.0700. The van der Waals surface area contributed by atoms with E-state index in [-0.39, 0.29) is 12.4 Å². The third-order valence-electron chi connectivity index (χ3n) is 7.36. The predicted octanol–water partition coefficient (Wildman–Crippen LogP) is 3.46. The molecule has 0 radical (unpaired) electrons. The van der Waals surface area contributed by atoms with E-state index in [1.165, 1.54) is 51.4 Å². The van der Waals surface area contributed by atoms with Gasteiger partial charge in [-0.25, -0.2) is 0 Å². The predicted molar refractivity (Wildman–Crippen MR) is 102 cm³/mol. The molecule has 0 unspecified atom stereocenters. The Morgan fingerprint density at radius 1 is 1.00 bits per heavy atom. The van der Waals surface area contributed by atoms with Crippen molar-refractivity contribution < 1.29 is 4.79 Å². The smallest absolute Gasteiger partial charge is 0.232 e. The van der Waals surface area contributed by atoms with E-state index in [4.69, 9.17) is 0 Å². The zero-order chi connectivity index (χ0) is 15.4. The van der Waals surface area contributed by atoms with Crippen LogP contribution in [-0.2, 0) is 4.79 Å². The second-order valence-electron chi connectivity index (χ2n) is 9.16. The number of carbonyl (C=O) groups is 1. The number of halogens is 1. The summed E-state index contributed by atoms with van der Waals surface area (Å²) >= 11 is 2.05. The highest BCUT2D eigenvalue weighted by Gasteiger charge is 2.51. The molecule has 2 heterocycles. The van der Waals surface area contributed by atoms with Crippen LogP contribution in [0.15, 0.2) is 0 Å². The van der Waals surface area contributed by atoms with E-state index in [2.05, 4.69) is 22.0 Å². The van der Waals surface area contributed by atoms with Gasteiger partial charge in [0, 0.05) is 29.9 Å². The number of nitrogens with one attached hydrogen (secondary N) is 1. The molecule has 6 rings (SSSR count). The molecule has 2 aliphatic heterocycles. The van der Waals surface area contributed by atoms with Gasteiger partial charge in [-0.3, -0.25) is 4.79 Å². The summed E-state index contributed by atoms with van der Waals surface area (Å²) in [5, 5.41) is 3.69. The maximum Gasteiger partial charge on any atom is 0.232 e. The lowest BCUT2D eigenvalue weighted by atomic mass is 9.56. The van der Waals surface area contributed by atoms with Crippen molar-refractivity contribution in [2.24, 2.45) is 17.8 Å². The third kappa shape index (κ3) is 3.23. The van der Waals surface area contributed by atoms with Crippen LogP contribution in [0.5, 0.6) is 0 Å². The molecule has 1 N–H and O–H groups in total. The largest absolute Gasteiger partial charge is 0.340 e. The lowest BCUT2D eigenvalue weighted by molar-refractivity contribution is -0.128. The number of rotatable bonds is 3. The van der Waals surface area contributed by atoms with Crippen molar-refractivity contribution in [2.45, 2.75) is 74.6 Å². The lowest BCUT2D eigenvalue weighted by Crippen LogP contribution is -2.49. The molecular formula is C19H31ClN2OS. The van der Waals surface area contributed by atoms with E-state index < -0.39 is 0 Å². The van der Waals surface area contributed by atoms with Gasteiger partial charge in [-0.15, -0.1) is 24.2 Å². The third-order valence-corrected chi connectivity index (χ3v) is 8.86. The summed E-state index contributed by atoms with van der Waals surface area (Å²) in [4.78, 5) is 15.0. The van der Waals surface area contributed by atoms with Crippen LogP contribution < -0.4 is 5.32 Å². The summed E-state index contributed by atoms with van der Waals surface area (Å²) in [5.74, 6) is 4.12. The Kier molecular flexibility index (Phi) is 4.85. The van der Waals surface area contributed by atoms with Crippen LogP contribution >= 0.6 is 24.2 Å². The molecule has 136 valence electrons. The zero-order valence-electron chi connectivity index (χ0n) is 14.5. The molecule has 5 heteroatoms. The van der Waals surface area contributed by atoms with E-state index >= 15 is 0 Å². The van der Waals surface area contributed by atoms with Crippen LogP contribution in [0.25, 0.3) is 0 Å². The fraction of sp³-hybridized carbons (Fsp3) is 0.947. The first-order valence-electron chi connectivity index (χ1n) is 9.85. The first-order chi connectivity index (χ1) is 11.2. The molecule has 2 saturated heterocycles. The number of carbonyl (C=O) groups excluding carboxylic acids is 1. The average Bonchev–Trinajstić information content (AvgIpc) is 2.83. The number of hydrogen-bond acceptors (Lipinski definition) is 3. The highest BCUT2D eigenvalue weighted by atomic mass is 35.5. The number of fused-ring (bicyclic) bond motifs is 2. The standard InChI is InChI=1S/C19H30N2OS.ClH/c22-18(21-4-3-16-1-2-17(11-21)20-16)12-23-19-8-13-5-14(9-19)7-15(6-13)10-19;/h13-17,20H,1-12H2;1H/t13?,14?,15?,16-,17+,19?;/m1./s1. The maximum atomic E-state index is 12.8. The minimum Gasteiger partial charge on any atom is -0.340 e. The highest BCUT2D eigenvalue weighted by molar-refractivity contribution is 8.01. The van der Waals surface area contributed by atoms with Gasteiger partial charge in [0.2, 0.25) is 5.91 Å². The second-order valence-corrected chi connectivity index (χ2v) is 10.6. The van der Waals surface area contributed by atoms with E-state index in [0.717, 1.165) is 43.0 Å². The van der Waals surface area contributed by atoms with Crippen LogP contribution in [-0.4, -0.2) is 46.5 Å². The van der Waals surface area contributed by atoms with Gasteiger partial charge in [0.1, 0.15) is 0 Å². The van der Waals surface area contributed by atoms with Crippen molar-refractivity contribution in [1.82, 2.24) is 10.2 Å². The molecule has 1 amide bonds.